The van der Waals surface area contributed by atoms with Crippen LogP contribution in [-0.4, -0.2) is 24.5 Å². The number of rotatable bonds is 7. The van der Waals surface area contributed by atoms with Gasteiger partial charge >= 0.3 is 0 Å². The maximum atomic E-state index is 6.05. The Morgan fingerprint density at radius 3 is 2.22 bits per heavy atom. The van der Waals surface area contributed by atoms with E-state index in [-0.39, 0.29) is 0 Å². The first-order valence-electron chi connectivity index (χ1n) is 7.15. The average Bonchev–Trinajstić information content (AvgIpc) is 2.36. The molecule has 18 heavy (non-hydrogen) atoms. The second-order valence-electron chi connectivity index (χ2n) is 5.04. The minimum Gasteiger partial charge on any atom is -0.329 e. The van der Waals surface area contributed by atoms with Gasteiger partial charge < -0.3 is 5.73 Å². The van der Waals surface area contributed by atoms with Crippen LogP contribution in [-0.2, 0) is 0 Å². The van der Waals surface area contributed by atoms with E-state index in [0.29, 0.717) is 12.6 Å². The van der Waals surface area contributed by atoms with Crippen LogP contribution in [0.25, 0.3) is 0 Å². The van der Waals surface area contributed by atoms with Gasteiger partial charge in [0.1, 0.15) is 0 Å². The van der Waals surface area contributed by atoms with E-state index in [4.69, 9.17) is 5.73 Å². The number of aryl methyl sites for hydroxylation is 2. The molecule has 0 saturated heterocycles. The Labute approximate surface area is 112 Å². The first kappa shape index (κ1) is 15.2. The Morgan fingerprint density at radius 2 is 1.78 bits per heavy atom. The smallest absolute Gasteiger partial charge is 0.0475 e. The lowest BCUT2D eigenvalue weighted by atomic mass is 9.95. The van der Waals surface area contributed by atoms with Gasteiger partial charge in [-0.25, -0.2) is 0 Å². The van der Waals surface area contributed by atoms with Crippen molar-refractivity contribution >= 4 is 0 Å². The molecule has 1 aromatic rings. The molecule has 0 bridgehead atoms. The molecule has 0 aromatic heterocycles. The fourth-order valence-corrected chi connectivity index (χ4v) is 2.70. The Hall–Kier alpha value is -0.860. The van der Waals surface area contributed by atoms with Crippen molar-refractivity contribution in [2.24, 2.45) is 5.73 Å². The predicted molar refractivity (Wildman–Crippen MR) is 79.9 cm³/mol. The lowest BCUT2D eigenvalue weighted by molar-refractivity contribution is 0.208. The minimum atomic E-state index is 0.364. The molecule has 2 heteroatoms. The second-order valence-corrected chi connectivity index (χ2v) is 5.04. The van der Waals surface area contributed by atoms with E-state index in [1.807, 2.05) is 0 Å². The van der Waals surface area contributed by atoms with E-state index < -0.39 is 0 Å². The highest BCUT2D eigenvalue weighted by atomic mass is 15.2. The zero-order valence-corrected chi connectivity index (χ0v) is 12.4. The summed E-state index contributed by atoms with van der Waals surface area (Å²) in [5.74, 6) is 0. The van der Waals surface area contributed by atoms with Crippen LogP contribution < -0.4 is 5.73 Å². The number of unbranched alkanes of at least 4 members (excludes halogenated alkanes) is 1. The molecule has 1 atom stereocenters. The number of benzene rings is 1. The summed E-state index contributed by atoms with van der Waals surface area (Å²) >= 11 is 0. The summed E-state index contributed by atoms with van der Waals surface area (Å²) < 4.78 is 0. The summed E-state index contributed by atoms with van der Waals surface area (Å²) in [5.41, 5.74) is 10.2. The van der Waals surface area contributed by atoms with Crippen LogP contribution in [0.3, 0.4) is 0 Å². The molecule has 102 valence electrons. The molecular weight excluding hydrogens is 220 g/mol. The lowest BCUT2D eigenvalue weighted by Crippen LogP contribution is -2.35. The fourth-order valence-electron chi connectivity index (χ4n) is 2.70. The van der Waals surface area contributed by atoms with Crippen LogP contribution in [0.1, 0.15) is 49.4 Å². The molecule has 1 unspecified atom stereocenters. The second kappa shape index (κ2) is 7.55. The molecule has 0 aliphatic carbocycles. The number of nitrogens with zero attached hydrogens (tertiary/aromatic N) is 1. The maximum absolute atomic E-state index is 6.05. The molecule has 0 fully saturated rings. The van der Waals surface area contributed by atoms with Crippen LogP contribution in [0.2, 0.25) is 0 Å². The molecule has 1 aromatic carbocycles. The van der Waals surface area contributed by atoms with Crippen molar-refractivity contribution in [1.82, 2.24) is 4.90 Å². The van der Waals surface area contributed by atoms with Crippen molar-refractivity contribution in [3.05, 3.63) is 34.9 Å². The SMILES string of the molecule is CCCCN(CC)C(CN)c1c(C)cccc1C. The van der Waals surface area contributed by atoms with Gasteiger partial charge in [-0.3, -0.25) is 4.90 Å². The van der Waals surface area contributed by atoms with Gasteiger partial charge in [0.25, 0.3) is 0 Å². The third-order valence-corrected chi connectivity index (χ3v) is 3.74. The number of hydrogen-bond acceptors (Lipinski definition) is 2. The van der Waals surface area contributed by atoms with Gasteiger partial charge in [-0.2, -0.15) is 0 Å². The van der Waals surface area contributed by atoms with Crippen LogP contribution in [0, 0.1) is 13.8 Å². The minimum absolute atomic E-state index is 0.364. The first-order chi connectivity index (χ1) is 8.65. The van der Waals surface area contributed by atoms with Crippen LogP contribution in [0.15, 0.2) is 18.2 Å². The van der Waals surface area contributed by atoms with E-state index in [2.05, 4.69) is 50.8 Å². The molecule has 0 aliphatic heterocycles. The van der Waals surface area contributed by atoms with Crippen LogP contribution in [0.5, 0.6) is 0 Å². The number of nitrogens with two attached hydrogens (primary N) is 1. The molecule has 2 N–H and O–H groups in total. The molecule has 0 heterocycles. The standard InChI is InChI=1S/C16H28N2/c1-5-7-11-18(6-2)15(12-17)16-13(3)9-8-10-14(16)4/h8-10,15H,5-7,11-12,17H2,1-4H3. The van der Waals surface area contributed by atoms with E-state index in [1.54, 1.807) is 0 Å². The first-order valence-corrected chi connectivity index (χ1v) is 7.15. The van der Waals surface area contributed by atoms with E-state index >= 15 is 0 Å². The highest BCUT2D eigenvalue weighted by Crippen LogP contribution is 2.26. The fraction of sp³-hybridized carbons (Fsp3) is 0.625. The van der Waals surface area contributed by atoms with E-state index in [1.165, 1.54) is 29.5 Å². The zero-order chi connectivity index (χ0) is 13.5. The normalized spacial score (nSPS) is 13.0. The Morgan fingerprint density at radius 1 is 1.17 bits per heavy atom. The zero-order valence-electron chi connectivity index (χ0n) is 12.4. The molecule has 0 radical (unpaired) electrons. The largest absolute Gasteiger partial charge is 0.329 e. The summed E-state index contributed by atoms with van der Waals surface area (Å²) in [4.78, 5) is 2.51. The highest BCUT2D eigenvalue weighted by Gasteiger charge is 2.20. The summed E-state index contributed by atoms with van der Waals surface area (Å²) in [6.45, 7) is 11.8. The van der Waals surface area contributed by atoms with E-state index in [9.17, 15) is 0 Å². The average molecular weight is 248 g/mol. The van der Waals surface area contributed by atoms with Crippen molar-refractivity contribution in [1.29, 1.82) is 0 Å². The van der Waals surface area contributed by atoms with Gasteiger partial charge in [-0.1, -0.05) is 38.5 Å². The van der Waals surface area contributed by atoms with Crippen LogP contribution >= 0.6 is 0 Å². The van der Waals surface area contributed by atoms with Crippen molar-refractivity contribution in [3.8, 4) is 0 Å². The van der Waals surface area contributed by atoms with Crippen molar-refractivity contribution in [2.75, 3.05) is 19.6 Å². The summed E-state index contributed by atoms with van der Waals surface area (Å²) in [7, 11) is 0. The Bertz CT molecular complexity index is 340. The van der Waals surface area contributed by atoms with Gasteiger partial charge in [-0.05, 0) is 50.0 Å². The number of hydrogen-bond donors (Lipinski definition) is 1. The van der Waals surface area contributed by atoms with Crippen molar-refractivity contribution in [2.45, 2.75) is 46.6 Å². The van der Waals surface area contributed by atoms with Gasteiger partial charge in [0, 0.05) is 12.6 Å². The summed E-state index contributed by atoms with van der Waals surface area (Å²) in [6.07, 6.45) is 2.48. The predicted octanol–water partition coefficient (Wildman–Crippen LogP) is 3.43. The Kier molecular flexibility index (Phi) is 6.37. The lowest BCUT2D eigenvalue weighted by Gasteiger charge is -2.32. The third kappa shape index (κ3) is 3.56. The molecule has 0 amide bonds. The molecule has 0 aliphatic rings. The van der Waals surface area contributed by atoms with E-state index in [0.717, 1.165) is 13.1 Å². The van der Waals surface area contributed by atoms with Crippen molar-refractivity contribution < 1.29 is 0 Å². The molecule has 0 spiro atoms. The molecule has 1 rings (SSSR count). The maximum Gasteiger partial charge on any atom is 0.0475 e. The molecule has 2 nitrogen and oxygen atoms in total. The van der Waals surface area contributed by atoms with Gasteiger partial charge in [0.15, 0.2) is 0 Å². The van der Waals surface area contributed by atoms with Crippen molar-refractivity contribution in [3.63, 3.8) is 0 Å². The monoisotopic (exact) mass is 248 g/mol. The quantitative estimate of drug-likeness (QED) is 0.801. The van der Waals surface area contributed by atoms with Gasteiger partial charge in [0.2, 0.25) is 0 Å². The molecule has 0 saturated carbocycles. The Balaban J connectivity index is 2.99. The molecular formula is C16H28N2. The van der Waals surface area contributed by atoms with Gasteiger partial charge in [0.05, 0.1) is 0 Å². The third-order valence-electron chi connectivity index (χ3n) is 3.74. The van der Waals surface area contributed by atoms with Gasteiger partial charge in [-0.15, -0.1) is 0 Å². The summed E-state index contributed by atoms with van der Waals surface area (Å²) in [5, 5.41) is 0. The highest BCUT2D eigenvalue weighted by molar-refractivity contribution is 5.36. The number of likely N-dealkylation sites (N-methyl/N-ethyl adjacent to an activating group) is 1. The summed E-state index contributed by atoms with van der Waals surface area (Å²) in [6, 6.07) is 6.88. The van der Waals surface area contributed by atoms with Crippen LogP contribution in [0.4, 0.5) is 0 Å². The topological polar surface area (TPSA) is 29.3 Å².